The Morgan fingerprint density at radius 2 is 2.00 bits per heavy atom. The number of anilines is 1. The highest BCUT2D eigenvalue weighted by atomic mass is 16.5. The molecule has 1 saturated heterocycles. The molecule has 0 saturated carbocycles. The molecule has 0 aromatic heterocycles. The van der Waals surface area contributed by atoms with Gasteiger partial charge in [-0.2, -0.15) is 5.26 Å². The quantitative estimate of drug-likeness (QED) is 0.472. The summed E-state index contributed by atoms with van der Waals surface area (Å²) in [4.78, 5) is 29.2. The highest BCUT2D eigenvalue weighted by Crippen LogP contribution is 2.38. The highest BCUT2D eigenvalue weighted by Gasteiger charge is 2.37. The number of hydrogen-bond donors (Lipinski definition) is 0. The molecule has 136 valence electrons. The van der Waals surface area contributed by atoms with Gasteiger partial charge in [0, 0.05) is 18.7 Å². The third-order valence-corrected chi connectivity index (χ3v) is 4.98. The van der Waals surface area contributed by atoms with Gasteiger partial charge < -0.3 is 4.74 Å². The van der Waals surface area contributed by atoms with Crippen LogP contribution in [-0.4, -0.2) is 43.1 Å². The maximum absolute atomic E-state index is 13.1. The number of fused-ring (bicyclic) bond motifs is 1. The van der Waals surface area contributed by atoms with Crippen LogP contribution in [0.1, 0.15) is 32.3 Å². The Hall–Kier alpha value is -2.65. The van der Waals surface area contributed by atoms with Crippen molar-refractivity contribution in [2.75, 3.05) is 31.3 Å². The van der Waals surface area contributed by atoms with Crippen LogP contribution >= 0.6 is 0 Å². The predicted molar refractivity (Wildman–Crippen MR) is 97.9 cm³/mol. The van der Waals surface area contributed by atoms with Gasteiger partial charge in [0.1, 0.15) is 6.07 Å². The van der Waals surface area contributed by atoms with Crippen molar-refractivity contribution >= 4 is 23.1 Å². The third kappa shape index (κ3) is 3.35. The average Bonchev–Trinajstić information content (AvgIpc) is 2.91. The molecule has 2 aliphatic rings. The van der Waals surface area contributed by atoms with Crippen molar-refractivity contribution in [3.8, 4) is 6.07 Å². The second-order valence-corrected chi connectivity index (χ2v) is 6.77. The van der Waals surface area contributed by atoms with Crippen LogP contribution < -0.4 is 4.90 Å². The van der Waals surface area contributed by atoms with Crippen molar-refractivity contribution in [2.24, 2.45) is 5.92 Å². The van der Waals surface area contributed by atoms with Crippen LogP contribution in [0.3, 0.4) is 0 Å². The monoisotopic (exact) mass is 353 g/mol. The zero-order chi connectivity index (χ0) is 18.7. The minimum atomic E-state index is -0.748. The maximum Gasteiger partial charge on any atom is 0.349 e. The van der Waals surface area contributed by atoms with E-state index in [2.05, 4.69) is 11.8 Å². The van der Waals surface area contributed by atoms with Gasteiger partial charge >= 0.3 is 5.97 Å². The number of carbonyl (C=O) groups excluding carboxylic acids is 2. The predicted octanol–water partition coefficient (Wildman–Crippen LogP) is 2.56. The number of nitriles is 1. The van der Waals surface area contributed by atoms with Gasteiger partial charge in [-0.3, -0.25) is 14.6 Å². The van der Waals surface area contributed by atoms with E-state index in [1.807, 2.05) is 18.2 Å². The molecular weight excluding hydrogens is 330 g/mol. The molecule has 0 spiro atoms. The lowest BCUT2D eigenvalue weighted by Gasteiger charge is -2.33. The molecule has 0 radical (unpaired) electrons. The summed E-state index contributed by atoms with van der Waals surface area (Å²) in [5.74, 6) is -0.353. The fourth-order valence-electron chi connectivity index (χ4n) is 3.47. The number of rotatable bonds is 4. The molecule has 26 heavy (non-hydrogen) atoms. The molecule has 2 heterocycles. The summed E-state index contributed by atoms with van der Waals surface area (Å²) in [6, 6.07) is 9.16. The second kappa shape index (κ2) is 7.71. The summed E-state index contributed by atoms with van der Waals surface area (Å²) >= 11 is 0. The van der Waals surface area contributed by atoms with Crippen molar-refractivity contribution < 1.29 is 14.3 Å². The van der Waals surface area contributed by atoms with Gasteiger partial charge in [-0.05, 0) is 31.7 Å². The van der Waals surface area contributed by atoms with E-state index in [1.165, 1.54) is 0 Å². The summed E-state index contributed by atoms with van der Waals surface area (Å²) < 4.78 is 4.97. The van der Waals surface area contributed by atoms with Crippen LogP contribution in [-0.2, 0) is 14.3 Å². The van der Waals surface area contributed by atoms with E-state index in [0.717, 1.165) is 31.6 Å². The van der Waals surface area contributed by atoms with E-state index < -0.39 is 5.97 Å². The minimum absolute atomic E-state index is 0.145. The van der Waals surface area contributed by atoms with Crippen LogP contribution in [0.25, 0.3) is 5.57 Å². The number of amides is 1. The third-order valence-electron chi connectivity index (χ3n) is 4.98. The molecule has 2 aliphatic heterocycles. The molecule has 1 fully saturated rings. The summed E-state index contributed by atoms with van der Waals surface area (Å²) in [6.45, 7) is 6.42. The Morgan fingerprint density at radius 3 is 2.65 bits per heavy atom. The number of ether oxygens (including phenoxy) is 1. The van der Waals surface area contributed by atoms with Crippen LogP contribution in [0.15, 0.2) is 29.8 Å². The van der Waals surface area contributed by atoms with Crippen molar-refractivity contribution in [1.82, 2.24) is 4.90 Å². The van der Waals surface area contributed by atoms with E-state index in [9.17, 15) is 14.9 Å². The van der Waals surface area contributed by atoms with E-state index >= 15 is 0 Å². The summed E-state index contributed by atoms with van der Waals surface area (Å²) in [5.41, 5.74) is 1.28. The number of likely N-dealkylation sites (tertiary alicyclic amines) is 1. The van der Waals surface area contributed by atoms with Gasteiger partial charge in [-0.15, -0.1) is 0 Å². The van der Waals surface area contributed by atoms with Crippen LogP contribution in [0, 0.1) is 17.2 Å². The van der Waals surface area contributed by atoms with Crippen LogP contribution in [0.2, 0.25) is 0 Å². The summed E-state index contributed by atoms with van der Waals surface area (Å²) in [7, 11) is 0. The SMILES string of the molecule is CCOC(=O)C(C#N)=C1C(=O)N(CN2CCC(C)CC2)c2ccccc21. The summed E-state index contributed by atoms with van der Waals surface area (Å²) in [5, 5.41) is 9.47. The van der Waals surface area contributed by atoms with Crippen molar-refractivity contribution in [2.45, 2.75) is 26.7 Å². The summed E-state index contributed by atoms with van der Waals surface area (Å²) in [6.07, 6.45) is 2.22. The normalized spacial score (nSPS) is 19.9. The highest BCUT2D eigenvalue weighted by molar-refractivity contribution is 6.36. The number of nitrogens with zero attached hydrogens (tertiary/aromatic N) is 3. The number of para-hydroxylation sites is 1. The number of carbonyl (C=O) groups is 2. The molecular formula is C20H23N3O3. The molecule has 0 atom stereocenters. The Balaban J connectivity index is 1.96. The zero-order valence-electron chi connectivity index (χ0n) is 15.2. The zero-order valence-corrected chi connectivity index (χ0v) is 15.2. The lowest BCUT2D eigenvalue weighted by molar-refractivity contribution is -0.138. The lowest BCUT2D eigenvalue weighted by Crippen LogP contribution is -2.43. The smallest absolute Gasteiger partial charge is 0.349 e. The van der Waals surface area contributed by atoms with E-state index in [1.54, 1.807) is 24.0 Å². The van der Waals surface area contributed by atoms with Crippen LogP contribution in [0.4, 0.5) is 5.69 Å². The van der Waals surface area contributed by atoms with Crippen molar-refractivity contribution in [3.05, 3.63) is 35.4 Å². The molecule has 1 aromatic rings. The topological polar surface area (TPSA) is 73.6 Å². The average molecular weight is 353 g/mol. The minimum Gasteiger partial charge on any atom is -0.462 e. The number of esters is 1. The molecule has 0 unspecified atom stereocenters. The Labute approximate surface area is 153 Å². The first kappa shape index (κ1) is 18.2. The Bertz CT molecular complexity index is 786. The van der Waals surface area contributed by atoms with E-state index in [0.29, 0.717) is 18.2 Å². The molecule has 0 aliphatic carbocycles. The molecule has 0 bridgehead atoms. The number of hydrogen-bond acceptors (Lipinski definition) is 5. The van der Waals surface area contributed by atoms with Gasteiger partial charge in [0.05, 0.1) is 24.5 Å². The molecule has 1 aromatic carbocycles. The largest absolute Gasteiger partial charge is 0.462 e. The van der Waals surface area contributed by atoms with E-state index in [4.69, 9.17) is 4.74 Å². The Kier molecular flexibility index (Phi) is 5.38. The first-order valence-corrected chi connectivity index (χ1v) is 9.02. The van der Waals surface area contributed by atoms with Gasteiger partial charge in [0.2, 0.25) is 0 Å². The molecule has 1 amide bonds. The standard InChI is InChI=1S/C20H23N3O3/c1-3-26-20(25)16(12-21)18-15-6-4-5-7-17(15)23(19(18)24)13-22-10-8-14(2)9-11-22/h4-7,14H,3,8-11,13H2,1-2H3. The van der Waals surface area contributed by atoms with Gasteiger partial charge in [-0.25, -0.2) is 4.79 Å². The van der Waals surface area contributed by atoms with Crippen molar-refractivity contribution in [3.63, 3.8) is 0 Å². The number of benzene rings is 1. The number of piperidine rings is 1. The second-order valence-electron chi connectivity index (χ2n) is 6.77. The molecule has 0 N–H and O–H groups in total. The van der Waals surface area contributed by atoms with Gasteiger partial charge in [0.25, 0.3) is 5.91 Å². The fraction of sp³-hybridized carbons (Fsp3) is 0.450. The molecule has 6 heteroatoms. The Morgan fingerprint density at radius 1 is 1.31 bits per heavy atom. The van der Waals surface area contributed by atoms with Crippen molar-refractivity contribution in [1.29, 1.82) is 5.26 Å². The van der Waals surface area contributed by atoms with Gasteiger partial charge in [0.15, 0.2) is 5.57 Å². The molecule has 3 rings (SSSR count). The first-order valence-electron chi connectivity index (χ1n) is 9.02. The van der Waals surface area contributed by atoms with Gasteiger partial charge in [-0.1, -0.05) is 25.1 Å². The van der Waals surface area contributed by atoms with Crippen LogP contribution in [0.5, 0.6) is 0 Å². The maximum atomic E-state index is 13.1. The fourth-order valence-corrected chi connectivity index (χ4v) is 3.47. The molecule has 6 nitrogen and oxygen atoms in total. The first-order chi connectivity index (χ1) is 12.6. The lowest BCUT2D eigenvalue weighted by atomic mass is 10.00. The van der Waals surface area contributed by atoms with E-state index in [-0.39, 0.29) is 23.7 Å².